The number of hydrogen-bond acceptors (Lipinski definition) is 5. The van der Waals surface area contributed by atoms with Crippen molar-refractivity contribution in [3.05, 3.63) is 92.8 Å². The summed E-state index contributed by atoms with van der Waals surface area (Å²) in [5.74, 6) is -1.85. The third-order valence-electron chi connectivity index (χ3n) is 5.04. The zero-order valence-electron chi connectivity index (χ0n) is 18.5. The summed E-state index contributed by atoms with van der Waals surface area (Å²) in [6.45, 7) is 3.34. The fourth-order valence-corrected chi connectivity index (χ4v) is 3.76. The first kappa shape index (κ1) is 24.3. The zero-order chi connectivity index (χ0) is 25.3. The molecule has 0 fully saturated rings. The first-order chi connectivity index (χ1) is 16.5. The second kappa shape index (κ2) is 9.46. The van der Waals surface area contributed by atoms with Crippen LogP contribution in [0.25, 0.3) is 22.1 Å². The minimum absolute atomic E-state index is 0.0106. The highest BCUT2D eigenvalue weighted by molar-refractivity contribution is 6.30. The van der Waals surface area contributed by atoms with Gasteiger partial charge in [0.05, 0.1) is 10.9 Å². The van der Waals surface area contributed by atoms with Crippen LogP contribution >= 0.6 is 11.6 Å². The van der Waals surface area contributed by atoms with Crippen molar-refractivity contribution in [2.45, 2.75) is 20.0 Å². The summed E-state index contributed by atoms with van der Waals surface area (Å²) in [7, 11) is 0. The third-order valence-corrected chi connectivity index (χ3v) is 5.29. The van der Waals surface area contributed by atoms with Gasteiger partial charge in [0.25, 0.3) is 0 Å². The molecule has 9 heteroatoms. The van der Waals surface area contributed by atoms with Crippen molar-refractivity contribution in [2.75, 3.05) is 6.61 Å². The second-order valence-corrected chi connectivity index (χ2v) is 8.32. The Morgan fingerprint density at radius 3 is 2.23 bits per heavy atom. The minimum atomic E-state index is -4.95. The Balaban J connectivity index is 1.64. The van der Waals surface area contributed by atoms with Crippen LogP contribution in [0.2, 0.25) is 5.02 Å². The molecule has 0 spiro atoms. The molecule has 1 aromatic heterocycles. The molecule has 0 saturated heterocycles. The van der Waals surface area contributed by atoms with Crippen molar-refractivity contribution in [1.29, 1.82) is 0 Å². The zero-order valence-corrected chi connectivity index (χ0v) is 19.3. The molecule has 0 amide bonds. The van der Waals surface area contributed by atoms with Crippen LogP contribution in [-0.4, -0.2) is 12.6 Å². The van der Waals surface area contributed by atoms with Crippen molar-refractivity contribution in [1.82, 2.24) is 0 Å². The first-order valence-electron chi connectivity index (χ1n) is 10.4. The maximum absolute atomic E-state index is 13.8. The Kier molecular flexibility index (Phi) is 6.58. The lowest BCUT2D eigenvalue weighted by atomic mass is 10.0. The third kappa shape index (κ3) is 5.49. The Morgan fingerprint density at radius 2 is 1.60 bits per heavy atom. The highest BCUT2D eigenvalue weighted by Crippen LogP contribution is 2.38. The van der Waals surface area contributed by atoms with Gasteiger partial charge in [0.2, 0.25) is 11.2 Å². The van der Waals surface area contributed by atoms with E-state index in [4.69, 9.17) is 25.5 Å². The van der Waals surface area contributed by atoms with Gasteiger partial charge in [-0.2, -0.15) is 13.2 Å². The topological polar surface area (TPSA) is 65.7 Å². The average molecular weight is 503 g/mol. The van der Waals surface area contributed by atoms with Gasteiger partial charge in [0, 0.05) is 11.1 Å². The number of esters is 1. The largest absolute Gasteiger partial charge is 0.482 e. The van der Waals surface area contributed by atoms with Crippen LogP contribution in [-0.2, 0) is 11.0 Å². The van der Waals surface area contributed by atoms with E-state index in [2.05, 4.69) is 0 Å². The van der Waals surface area contributed by atoms with Gasteiger partial charge in [-0.25, -0.2) is 4.79 Å². The molecule has 0 aliphatic carbocycles. The van der Waals surface area contributed by atoms with E-state index in [0.29, 0.717) is 10.8 Å². The molecular formula is C26H18ClF3O5. The molecule has 4 rings (SSSR count). The van der Waals surface area contributed by atoms with Gasteiger partial charge < -0.3 is 13.9 Å². The Morgan fingerprint density at radius 1 is 0.943 bits per heavy atom. The lowest BCUT2D eigenvalue weighted by molar-refractivity contribution is -0.152. The van der Waals surface area contributed by atoms with Crippen LogP contribution < -0.4 is 14.9 Å². The fraction of sp³-hybridized carbons (Fsp3) is 0.154. The molecule has 3 aromatic carbocycles. The lowest BCUT2D eigenvalue weighted by Gasteiger charge is -2.13. The Labute approximate surface area is 202 Å². The smallest absolute Gasteiger partial charge is 0.450 e. The monoisotopic (exact) mass is 502 g/mol. The van der Waals surface area contributed by atoms with Gasteiger partial charge in [-0.15, -0.1) is 0 Å². The van der Waals surface area contributed by atoms with E-state index in [1.54, 1.807) is 12.1 Å². The minimum Gasteiger partial charge on any atom is -0.482 e. The molecule has 35 heavy (non-hydrogen) atoms. The Bertz CT molecular complexity index is 1450. The highest BCUT2D eigenvalue weighted by atomic mass is 35.5. The normalized spacial score (nSPS) is 11.5. The summed E-state index contributed by atoms with van der Waals surface area (Å²) in [6.07, 6.45) is -4.95. The molecule has 1 heterocycles. The number of rotatable bonds is 5. The highest BCUT2D eigenvalue weighted by Gasteiger charge is 2.39. The van der Waals surface area contributed by atoms with E-state index < -0.39 is 35.5 Å². The fourth-order valence-electron chi connectivity index (χ4n) is 3.63. The number of alkyl halides is 3. The van der Waals surface area contributed by atoms with Gasteiger partial charge in [-0.3, -0.25) is 4.79 Å². The molecule has 0 aliphatic heterocycles. The van der Waals surface area contributed by atoms with Crippen LogP contribution in [0.15, 0.2) is 69.9 Å². The standard InChI is InChI=1S/C26H18ClF3O5/c1-14-9-15(2)11-19(10-14)33-13-22(31)34-18-7-8-20-21(12-18)35-25(26(28,29)30)23(24(20)32)16-3-5-17(27)6-4-16/h3-12H,13H2,1-2H3. The van der Waals surface area contributed by atoms with Crippen molar-refractivity contribution in [2.24, 2.45) is 0 Å². The summed E-state index contributed by atoms with van der Waals surface area (Å²) >= 11 is 5.82. The maximum atomic E-state index is 13.8. The van der Waals surface area contributed by atoms with E-state index in [0.717, 1.165) is 17.2 Å². The summed E-state index contributed by atoms with van der Waals surface area (Å²) < 4.78 is 57.1. The number of halogens is 4. The predicted octanol–water partition coefficient (Wildman–Crippen LogP) is 6.73. The van der Waals surface area contributed by atoms with E-state index in [-0.39, 0.29) is 22.3 Å². The number of benzene rings is 3. The summed E-state index contributed by atoms with van der Waals surface area (Å²) in [5, 5.41) is 0.203. The molecule has 0 saturated carbocycles. The number of carbonyl (C=O) groups excluding carboxylic acids is 1. The summed E-state index contributed by atoms with van der Waals surface area (Å²) in [4.78, 5) is 25.2. The molecule has 180 valence electrons. The van der Waals surface area contributed by atoms with Crippen molar-refractivity contribution >= 4 is 28.5 Å². The van der Waals surface area contributed by atoms with Crippen LogP contribution in [0.4, 0.5) is 13.2 Å². The van der Waals surface area contributed by atoms with Gasteiger partial charge in [0.15, 0.2) is 6.61 Å². The summed E-state index contributed by atoms with van der Waals surface area (Å²) in [6, 6.07) is 14.4. The maximum Gasteiger partial charge on any atom is 0.450 e. The van der Waals surface area contributed by atoms with Crippen LogP contribution in [0, 0.1) is 13.8 Å². The number of ether oxygens (including phenoxy) is 2. The number of aryl methyl sites for hydroxylation is 2. The lowest BCUT2D eigenvalue weighted by Crippen LogP contribution is -2.18. The number of hydrogen-bond donors (Lipinski definition) is 0. The second-order valence-electron chi connectivity index (χ2n) is 7.88. The average Bonchev–Trinajstić information content (AvgIpc) is 2.77. The molecule has 0 atom stereocenters. The first-order valence-corrected chi connectivity index (χ1v) is 10.7. The van der Waals surface area contributed by atoms with Gasteiger partial charge in [-0.05, 0) is 66.9 Å². The molecule has 5 nitrogen and oxygen atoms in total. The molecule has 4 aromatic rings. The van der Waals surface area contributed by atoms with E-state index in [1.807, 2.05) is 19.9 Å². The van der Waals surface area contributed by atoms with Crippen molar-refractivity contribution < 1.29 is 31.9 Å². The van der Waals surface area contributed by atoms with Crippen LogP contribution in [0.1, 0.15) is 16.9 Å². The molecule has 0 radical (unpaired) electrons. The van der Waals surface area contributed by atoms with Gasteiger partial charge >= 0.3 is 12.1 Å². The molecule has 0 aliphatic rings. The van der Waals surface area contributed by atoms with Crippen LogP contribution in [0.3, 0.4) is 0 Å². The summed E-state index contributed by atoms with van der Waals surface area (Å²) in [5.41, 5.74) is 0.0369. The van der Waals surface area contributed by atoms with E-state index in [9.17, 15) is 22.8 Å². The van der Waals surface area contributed by atoms with Gasteiger partial charge in [0.1, 0.15) is 17.1 Å². The van der Waals surface area contributed by atoms with E-state index in [1.165, 1.54) is 36.4 Å². The SMILES string of the molecule is Cc1cc(C)cc(OCC(=O)Oc2ccc3c(=O)c(-c4ccc(Cl)cc4)c(C(F)(F)F)oc3c2)c1. The van der Waals surface area contributed by atoms with E-state index >= 15 is 0 Å². The number of fused-ring (bicyclic) bond motifs is 1. The molecule has 0 unspecified atom stereocenters. The predicted molar refractivity (Wildman–Crippen MR) is 125 cm³/mol. The van der Waals surface area contributed by atoms with Gasteiger partial charge in [-0.1, -0.05) is 29.8 Å². The number of carbonyl (C=O) groups is 1. The molecule has 0 bridgehead atoms. The van der Waals surface area contributed by atoms with Crippen LogP contribution in [0.5, 0.6) is 11.5 Å². The quantitative estimate of drug-likeness (QED) is 0.223. The molecular weight excluding hydrogens is 485 g/mol. The van der Waals surface area contributed by atoms with Crippen molar-refractivity contribution in [3.63, 3.8) is 0 Å². The molecule has 0 N–H and O–H groups in total. The van der Waals surface area contributed by atoms with Crippen molar-refractivity contribution in [3.8, 4) is 22.6 Å². The Hall–Kier alpha value is -3.78.